The van der Waals surface area contributed by atoms with Gasteiger partial charge in [-0.2, -0.15) is 0 Å². The van der Waals surface area contributed by atoms with E-state index < -0.39 is 0 Å². The number of hydrogen-bond donors (Lipinski definition) is 1. The molecule has 0 spiro atoms. The maximum absolute atomic E-state index is 12.5. The van der Waals surface area contributed by atoms with Gasteiger partial charge >= 0.3 is 0 Å². The SMILES string of the molecule is O=C(Nc1ccccc1)c1ccc(CN2C(=O)[C@H]3CC=CC[C@H]3C2=O)cc1. The summed E-state index contributed by atoms with van der Waals surface area (Å²) in [6.45, 7) is 0.255. The number of fused-ring (bicyclic) bond motifs is 1. The fourth-order valence-electron chi connectivity index (χ4n) is 3.69. The summed E-state index contributed by atoms with van der Waals surface area (Å²) in [5.41, 5.74) is 2.09. The third kappa shape index (κ3) is 3.40. The molecule has 27 heavy (non-hydrogen) atoms. The summed E-state index contributed by atoms with van der Waals surface area (Å²) in [5.74, 6) is -0.782. The topological polar surface area (TPSA) is 66.5 Å². The zero-order valence-electron chi connectivity index (χ0n) is 14.8. The number of benzene rings is 2. The van der Waals surface area contributed by atoms with E-state index >= 15 is 0 Å². The van der Waals surface area contributed by atoms with Crippen molar-refractivity contribution in [1.29, 1.82) is 0 Å². The first-order chi connectivity index (χ1) is 13.1. The van der Waals surface area contributed by atoms with Gasteiger partial charge in [0.15, 0.2) is 0 Å². The molecule has 0 radical (unpaired) electrons. The third-order valence-corrected chi connectivity index (χ3v) is 5.19. The smallest absolute Gasteiger partial charge is 0.255 e. The summed E-state index contributed by atoms with van der Waals surface area (Å²) >= 11 is 0. The molecule has 1 heterocycles. The molecule has 5 nitrogen and oxygen atoms in total. The number of carbonyl (C=O) groups is 3. The molecule has 1 aliphatic carbocycles. The van der Waals surface area contributed by atoms with Gasteiger partial charge in [-0.15, -0.1) is 0 Å². The van der Waals surface area contributed by atoms with Crippen LogP contribution in [-0.2, 0) is 16.1 Å². The van der Waals surface area contributed by atoms with Gasteiger partial charge in [-0.3, -0.25) is 19.3 Å². The molecule has 1 aliphatic heterocycles. The largest absolute Gasteiger partial charge is 0.322 e. The van der Waals surface area contributed by atoms with Gasteiger partial charge in [-0.1, -0.05) is 42.5 Å². The summed E-state index contributed by atoms with van der Waals surface area (Å²) in [4.78, 5) is 38.8. The van der Waals surface area contributed by atoms with Gasteiger partial charge < -0.3 is 5.32 Å². The molecule has 1 N–H and O–H groups in total. The van der Waals surface area contributed by atoms with Crippen molar-refractivity contribution >= 4 is 23.4 Å². The zero-order chi connectivity index (χ0) is 18.8. The standard InChI is InChI=1S/C22H20N2O3/c25-20(23-17-6-2-1-3-7-17)16-12-10-15(11-13-16)14-24-21(26)18-8-4-5-9-19(18)22(24)27/h1-7,10-13,18-19H,8-9,14H2,(H,23,25)/t18-,19+. The molecule has 2 aromatic carbocycles. The maximum Gasteiger partial charge on any atom is 0.255 e. The molecule has 1 saturated heterocycles. The summed E-state index contributed by atoms with van der Waals surface area (Å²) in [7, 11) is 0. The van der Waals surface area contributed by atoms with Crippen LogP contribution in [0.4, 0.5) is 5.69 Å². The van der Waals surface area contributed by atoms with Gasteiger partial charge in [-0.05, 0) is 42.7 Å². The first-order valence-corrected chi connectivity index (χ1v) is 9.09. The Balaban J connectivity index is 1.43. The minimum atomic E-state index is -0.210. The van der Waals surface area contributed by atoms with E-state index in [1.54, 1.807) is 24.3 Å². The predicted molar refractivity (Wildman–Crippen MR) is 102 cm³/mol. The molecule has 1 fully saturated rings. The second kappa shape index (κ2) is 7.19. The normalized spacial score (nSPS) is 21.3. The van der Waals surface area contributed by atoms with Crippen LogP contribution >= 0.6 is 0 Å². The maximum atomic E-state index is 12.5. The van der Waals surface area contributed by atoms with Crippen molar-refractivity contribution in [2.75, 3.05) is 5.32 Å². The second-order valence-corrected chi connectivity index (χ2v) is 6.94. The van der Waals surface area contributed by atoms with E-state index in [9.17, 15) is 14.4 Å². The van der Waals surface area contributed by atoms with Crippen LogP contribution in [-0.4, -0.2) is 22.6 Å². The van der Waals surface area contributed by atoms with Gasteiger partial charge in [0.2, 0.25) is 11.8 Å². The second-order valence-electron chi connectivity index (χ2n) is 6.94. The average molecular weight is 360 g/mol. The van der Waals surface area contributed by atoms with Gasteiger partial charge in [0.1, 0.15) is 0 Å². The quantitative estimate of drug-likeness (QED) is 0.671. The Hall–Kier alpha value is -3.21. The van der Waals surface area contributed by atoms with Crippen LogP contribution in [0, 0.1) is 11.8 Å². The molecule has 2 aliphatic rings. The van der Waals surface area contributed by atoms with Crippen LogP contribution in [0.2, 0.25) is 0 Å². The summed E-state index contributed by atoms with van der Waals surface area (Å²) in [6.07, 6.45) is 5.25. The van der Waals surface area contributed by atoms with E-state index in [4.69, 9.17) is 0 Å². The first kappa shape index (κ1) is 17.2. The van der Waals surface area contributed by atoms with Crippen molar-refractivity contribution in [3.63, 3.8) is 0 Å². The molecule has 0 saturated carbocycles. The molecule has 0 bridgehead atoms. The van der Waals surface area contributed by atoms with Crippen LogP contribution in [0.15, 0.2) is 66.7 Å². The number of para-hydroxylation sites is 1. The lowest BCUT2D eigenvalue weighted by Gasteiger charge is -2.15. The molecule has 2 aromatic rings. The molecule has 2 atom stereocenters. The Morgan fingerprint density at radius 1 is 0.889 bits per heavy atom. The number of amides is 3. The number of anilines is 1. The van der Waals surface area contributed by atoms with Gasteiger partial charge in [0.25, 0.3) is 5.91 Å². The number of carbonyl (C=O) groups excluding carboxylic acids is 3. The van der Waals surface area contributed by atoms with E-state index in [2.05, 4.69) is 5.32 Å². The van der Waals surface area contributed by atoms with Gasteiger partial charge in [0, 0.05) is 11.3 Å². The molecule has 5 heteroatoms. The van der Waals surface area contributed by atoms with E-state index in [0.29, 0.717) is 18.4 Å². The fourth-order valence-corrected chi connectivity index (χ4v) is 3.69. The van der Waals surface area contributed by atoms with Crippen LogP contribution in [0.25, 0.3) is 0 Å². The lowest BCUT2D eigenvalue weighted by Crippen LogP contribution is -2.30. The lowest BCUT2D eigenvalue weighted by molar-refractivity contribution is -0.140. The number of nitrogens with one attached hydrogen (secondary N) is 1. The highest BCUT2D eigenvalue weighted by atomic mass is 16.2. The van der Waals surface area contributed by atoms with Crippen molar-refractivity contribution < 1.29 is 14.4 Å². The molecule has 4 rings (SSSR count). The summed E-state index contributed by atoms with van der Waals surface area (Å²) in [6, 6.07) is 16.3. The lowest BCUT2D eigenvalue weighted by atomic mass is 9.85. The van der Waals surface area contributed by atoms with E-state index in [-0.39, 0.29) is 36.1 Å². The van der Waals surface area contributed by atoms with E-state index in [1.807, 2.05) is 42.5 Å². The van der Waals surface area contributed by atoms with E-state index in [0.717, 1.165) is 11.3 Å². The Kier molecular flexibility index (Phi) is 4.59. The van der Waals surface area contributed by atoms with E-state index in [1.165, 1.54) is 4.90 Å². The Labute approximate surface area is 157 Å². The van der Waals surface area contributed by atoms with Crippen molar-refractivity contribution in [2.45, 2.75) is 19.4 Å². The minimum absolute atomic E-state index is 0.0831. The van der Waals surface area contributed by atoms with Crippen LogP contribution in [0.5, 0.6) is 0 Å². The number of rotatable bonds is 4. The molecular weight excluding hydrogens is 340 g/mol. The summed E-state index contributed by atoms with van der Waals surface area (Å²) < 4.78 is 0. The van der Waals surface area contributed by atoms with Crippen molar-refractivity contribution in [3.05, 3.63) is 77.9 Å². The summed E-state index contributed by atoms with van der Waals surface area (Å²) in [5, 5.41) is 2.83. The monoisotopic (exact) mass is 360 g/mol. The van der Waals surface area contributed by atoms with Crippen LogP contribution in [0.1, 0.15) is 28.8 Å². The van der Waals surface area contributed by atoms with Crippen LogP contribution < -0.4 is 5.32 Å². The Morgan fingerprint density at radius 3 is 2.07 bits per heavy atom. The first-order valence-electron chi connectivity index (χ1n) is 9.09. The minimum Gasteiger partial charge on any atom is -0.322 e. The molecular formula is C22H20N2O3. The highest BCUT2D eigenvalue weighted by molar-refractivity contribution is 6.05. The Bertz CT molecular complexity index is 877. The fraction of sp³-hybridized carbons (Fsp3) is 0.227. The van der Waals surface area contributed by atoms with Crippen molar-refractivity contribution in [3.8, 4) is 0 Å². The predicted octanol–water partition coefficient (Wildman–Crippen LogP) is 3.39. The molecule has 0 unspecified atom stereocenters. The average Bonchev–Trinajstić information content (AvgIpc) is 2.94. The molecule has 3 amide bonds. The number of likely N-dealkylation sites (tertiary alicyclic amines) is 1. The Morgan fingerprint density at radius 2 is 1.48 bits per heavy atom. The van der Waals surface area contributed by atoms with Crippen LogP contribution in [0.3, 0.4) is 0 Å². The molecule has 136 valence electrons. The number of nitrogens with zero attached hydrogens (tertiary/aromatic N) is 1. The number of hydrogen-bond acceptors (Lipinski definition) is 3. The highest BCUT2D eigenvalue weighted by Gasteiger charge is 2.46. The third-order valence-electron chi connectivity index (χ3n) is 5.19. The number of allylic oxidation sites excluding steroid dienone is 2. The number of imide groups is 1. The molecule has 0 aromatic heterocycles. The zero-order valence-corrected chi connectivity index (χ0v) is 14.8. The highest BCUT2D eigenvalue weighted by Crippen LogP contribution is 2.35. The van der Waals surface area contributed by atoms with Crippen molar-refractivity contribution in [2.24, 2.45) is 11.8 Å². The van der Waals surface area contributed by atoms with Gasteiger partial charge in [-0.25, -0.2) is 0 Å². The van der Waals surface area contributed by atoms with Crippen molar-refractivity contribution in [1.82, 2.24) is 4.90 Å². The van der Waals surface area contributed by atoms with Gasteiger partial charge in [0.05, 0.1) is 18.4 Å².